The molecular weight excluding hydrogens is 167 g/mol. The van der Waals surface area contributed by atoms with Gasteiger partial charge in [0.15, 0.2) is 0 Å². The smallest absolute Gasteiger partial charge is 0.126 e. The molecule has 0 atom stereocenters. The SMILES string of the molecule is C/C=C/COc1ccc(F)c(C)c1. The standard InChI is InChI=1S/C11H13FO/c1-3-4-7-13-10-5-6-11(12)9(2)8-10/h3-6,8H,7H2,1-2H3/b4-3+. The molecular formula is C11H13FO. The Bertz CT molecular complexity index is 305. The fourth-order valence-electron chi connectivity index (χ4n) is 0.948. The number of benzene rings is 1. The van der Waals surface area contributed by atoms with Crippen molar-refractivity contribution in [1.29, 1.82) is 0 Å². The van der Waals surface area contributed by atoms with Crippen molar-refractivity contribution in [1.82, 2.24) is 0 Å². The average molecular weight is 180 g/mol. The third-order valence-electron chi connectivity index (χ3n) is 1.71. The summed E-state index contributed by atoms with van der Waals surface area (Å²) in [5.41, 5.74) is 0.609. The van der Waals surface area contributed by atoms with Gasteiger partial charge in [0.25, 0.3) is 0 Å². The van der Waals surface area contributed by atoms with Crippen molar-refractivity contribution in [2.24, 2.45) is 0 Å². The summed E-state index contributed by atoms with van der Waals surface area (Å²) in [6, 6.07) is 4.74. The van der Waals surface area contributed by atoms with Crippen molar-refractivity contribution in [3.8, 4) is 5.75 Å². The van der Waals surface area contributed by atoms with E-state index in [9.17, 15) is 4.39 Å². The minimum atomic E-state index is -0.196. The number of allylic oxidation sites excluding steroid dienone is 1. The molecule has 0 aromatic heterocycles. The molecule has 70 valence electrons. The lowest BCUT2D eigenvalue weighted by Gasteiger charge is -2.04. The summed E-state index contributed by atoms with van der Waals surface area (Å²) in [7, 11) is 0. The second-order valence-corrected chi connectivity index (χ2v) is 2.79. The van der Waals surface area contributed by atoms with Gasteiger partial charge in [-0.3, -0.25) is 0 Å². The highest BCUT2D eigenvalue weighted by atomic mass is 19.1. The van der Waals surface area contributed by atoms with Gasteiger partial charge >= 0.3 is 0 Å². The summed E-state index contributed by atoms with van der Waals surface area (Å²) in [5.74, 6) is 0.510. The zero-order valence-corrected chi connectivity index (χ0v) is 7.88. The molecule has 0 N–H and O–H groups in total. The lowest BCUT2D eigenvalue weighted by molar-refractivity contribution is 0.361. The molecule has 0 aliphatic rings. The molecule has 0 fully saturated rings. The van der Waals surface area contributed by atoms with E-state index in [1.165, 1.54) is 6.07 Å². The van der Waals surface area contributed by atoms with Gasteiger partial charge in [-0.2, -0.15) is 0 Å². The Hall–Kier alpha value is -1.31. The summed E-state index contributed by atoms with van der Waals surface area (Å²) < 4.78 is 18.1. The third kappa shape index (κ3) is 2.90. The number of ether oxygens (including phenoxy) is 1. The second kappa shape index (κ2) is 4.65. The molecule has 13 heavy (non-hydrogen) atoms. The largest absolute Gasteiger partial charge is 0.490 e. The molecule has 1 nitrogen and oxygen atoms in total. The van der Waals surface area contributed by atoms with Gasteiger partial charge < -0.3 is 4.74 Å². The summed E-state index contributed by atoms with van der Waals surface area (Å²) in [6.45, 7) is 4.18. The number of rotatable bonds is 3. The van der Waals surface area contributed by atoms with Crippen LogP contribution in [0, 0.1) is 12.7 Å². The van der Waals surface area contributed by atoms with Crippen LogP contribution in [0.1, 0.15) is 12.5 Å². The average Bonchev–Trinajstić information content (AvgIpc) is 2.12. The van der Waals surface area contributed by atoms with E-state index >= 15 is 0 Å². The zero-order valence-electron chi connectivity index (χ0n) is 7.88. The molecule has 0 radical (unpaired) electrons. The maximum absolute atomic E-state index is 12.8. The monoisotopic (exact) mass is 180 g/mol. The third-order valence-corrected chi connectivity index (χ3v) is 1.71. The predicted molar refractivity (Wildman–Crippen MR) is 51.4 cm³/mol. The summed E-state index contributed by atoms with van der Waals surface area (Å²) in [6.07, 6.45) is 3.81. The fraction of sp³-hybridized carbons (Fsp3) is 0.273. The molecule has 1 rings (SSSR count). The van der Waals surface area contributed by atoms with Crippen molar-refractivity contribution >= 4 is 0 Å². The van der Waals surface area contributed by atoms with Gasteiger partial charge in [-0.05, 0) is 37.6 Å². The van der Waals surface area contributed by atoms with Crippen LogP contribution in [0.25, 0.3) is 0 Å². The van der Waals surface area contributed by atoms with E-state index in [0.29, 0.717) is 17.9 Å². The Balaban J connectivity index is 2.63. The quantitative estimate of drug-likeness (QED) is 0.649. The van der Waals surface area contributed by atoms with Gasteiger partial charge in [-0.1, -0.05) is 12.2 Å². The van der Waals surface area contributed by atoms with E-state index < -0.39 is 0 Å². The van der Waals surface area contributed by atoms with Crippen LogP contribution in [0.15, 0.2) is 30.4 Å². The zero-order chi connectivity index (χ0) is 9.68. The van der Waals surface area contributed by atoms with Crippen LogP contribution in [0.3, 0.4) is 0 Å². The first-order chi connectivity index (χ1) is 6.24. The second-order valence-electron chi connectivity index (χ2n) is 2.79. The lowest BCUT2D eigenvalue weighted by atomic mass is 10.2. The van der Waals surface area contributed by atoms with Crippen LogP contribution >= 0.6 is 0 Å². The van der Waals surface area contributed by atoms with Crippen LogP contribution in [-0.4, -0.2) is 6.61 Å². The number of hydrogen-bond acceptors (Lipinski definition) is 1. The Morgan fingerprint density at radius 1 is 1.46 bits per heavy atom. The van der Waals surface area contributed by atoms with Crippen LogP contribution in [0.5, 0.6) is 5.75 Å². The highest BCUT2D eigenvalue weighted by Crippen LogP contribution is 2.15. The van der Waals surface area contributed by atoms with Crippen LogP contribution < -0.4 is 4.74 Å². The Morgan fingerprint density at radius 3 is 2.85 bits per heavy atom. The number of halogens is 1. The Kier molecular flexibility index (Phi) is 3.50. The van der Waals surface area contributed by atoms with E-state index in [-0.39, 0.29) is 5.82 Å². The predicted octanol–water partition coefficient (Wildman–Crippen LogP) is 3.09. The topological polar surface area (TPSA) is 9.23 Å². The molecule has 0 aliphatic carbocycles. The fourth-order valence-corrected chi connectivity index (χ4v) is 0.948. The molecule has 0 bridgehead atoms. The van der Waals surface area contributed by atoms with Crippen molar-refractivity contribution in [2.75, 3.05) is 6.61 Å². The summed E-state index contributed by atoms with van der Waals surface area (Å²) >= 11 is 0. The van der Waals surface area contributed by atoms with Gasteiger partial charge in [0.2, 0.25) is 0 Å². The van der Waals surface area contributed by atoms with Crippen LogP contribution in [-0.2, 0) is 0 Å². The Morgan fingerprint density at radius 2 is 2.23 bits per heavy atom. The van der Waals surface area contributed by atoms with Crippen molar-refractivity contribution < 1.29 is 9.13 Å². The summed E-state index contributed by atoms with van der Waals surface area (Å²) in [5, 5.41) is 0. The molecule has 0 unspecified atom stereocenters. The molecule has 0 heterocycles. The highest BCUT2D eigenvalue weighted by molar-refractivity contribution is 5.28. The first-order valence-corrected chi connectivity index (χ1v) is 4.24. The number of hydrogen-bond donors (Lipinski definition) is 0. The van der Waals surface area contributed by atoms with Crippen LogP contribution in [0.2, 0.25) is 0 Å². The maximum atomic E-state index is 12.8. The van der Waals surface area contributed by atoms with Crippen LogP contribution in [0.4, 0.5) is 4.39 Å². The van der Waals surface area contributed by atoms with Gasteiger partial charge in [0, 0.05) is 0 Å². The molecule has 0 aliphatic heterocycles. The number of aryl methyl sites for hydroxylation is 1. The van der Waals surface area contributed by atoms with E-state index in [2.05, 4.69) is 0 Å². The first kappa shape index (κ1) is 9.78. The lowest BCUT2D eigenvalue weighted by Crippen LogP contribution is -1.94. The first-order valence-electron chi connectivity index (χ1n) is 4.24. The molecule has 1 aromatic rings. The van der Waals surface area contributed by atoms with E-state index in [4.69, 9.17) is 4.74 Å². The van der Waals surface area contributed by atoms with Crippen molar-refractivity contribution in [3.05, 3.63) is 41.7 Å². The molecule has 0 amide bonds. The molecule has 0 saturated heterocycles. The Labute approximate surface area is 77.8 Å². The van der Waals surface area contributed by atoms with Crippen molar-refractivity contribution in [2.45, 2.75) is 13.8 Å². The van der Waals surface area contributed by atoms with E-state index in [1.54, 1.807) is 19.1 Å². The van der Waals surface area contributed by atoms with E-state index in [0.717, 1.165) is 0 Å². The van der Waals surface area contributed by atoms with Gasteiger partial charge in [0.05, 0.1) is 0 Å². The molecule has 1 aromatic carbocycles. The van der Waals surface area contributed by atoms with Crippen molar-refractivity contribution in [3.63, 3.8) is 0 Å². The highest BCUT2D eigenvalue weighted by Gasteiger charge is 1.98. The molecule has 0 saturated carbocycles. The maximum Gasteiger partial charge on any atom is 0.126 e. The van der Waals surface area contributed by atoms with Gasteiger partial charge in [-0.25, -0.2) is 4.39 Å². The van der Waals surface area contributed by atoms with Gasteiger partial charge in [0.1, 0.15) is 18.2 Å². The van der Waals surface area contributed by atoms with Gasteiger partial charge in [-0.15, -0.1) is 0 Å². The normalized spacial score (nSPS) is 10.7. The molecule has 2 heteroatoms. The minimum absolute atomic E-state index is 0.196. The minimum Gasteiger partial charge on any atom is -0.490 e. The summed E-state index contributed by atoms with van der Waals surface area (Å²) in [4.78, 5) is 0. The van der Waals surface area contributed by atoms with E-state index in [1.807, 2.05) is 19.1 Å². The molecule has 0 spiro atoms.